The molecule has 0 unspecified atom stereocenters. The molecular formula is C22H20N4O. The fourth-order valence-corrected chi connectivity index (χ4v) is 4.14. The number of pyridine rings is 1. The van der Waals surface area contributed by atoms with E-state index in [1.54, 1.807) is 12.4 Å². The molecule has 0 N–H and O–H groups in total. The van der Waals surface area contributed by atoms with Crippen molar-refractivity contribution in [3.05, 3.63) is 76.7 Å². The number of aromatic nitrogens is 4. The topological polar surface area (TPSA) is 52.2 Å². The SMILES string of the molecule is CC(C)Cn1c2c(n3ccnc3c1=O)Cc1c(-c3cccnc3)cccc1-2. The molecule has 3 heterocycles. The fourth-order valence-electron chi connectivity index (χ4n) is 4.14. The summed E-state index contributed by atoms with van der Waals surface area (Å²) in [6.07, 6.45) is 8.07. The molecule has 1 aliphatic rings. The largest absolute Gasteiger partial charge is 0.303 e. The molecule has 0 bridgehead atoms. The van der Waals surface area contributed by atoms with Gasteiger partial charge in [-0.05, 0) is 23.1 Å². The van der Waals surface area contributed by atoms with Crippen LogP contribution in [0.25, 0.3) is 28.0 Å². The van der Waals surface area contributed by atoms with Crippen molar-refractivity contribution in [1.82, 2.24) is 18.9 Å². The van der Waals surface area contributed by atoms with Gasteiger partial charge in [-0.15, -0.1) is 0 Å². The highest BCUT2D eigenvalue weighted by Gasteiger charge is 2.28. The molecule has 0 spiro atoms. The molecule has 5 nitrogen and oxygen atoms in total. The molecular weight excluding hydrogens is 336 g/mol. The average molecular weight is 356 g/mol. The van der Waals surface area contributed by atoms with Crippen molar-refractivity contribution in [2.24, 2.45) is 5.92 Å². The van der Waals surface area contributed by atoms with Crippen LogP contribution in [0.5, 0.6) is 0 Å². The standard InChI is InChI=1S/C22H20N4O/c1-14(2)13-26-20-17-7-3-6-16(15-5-4-8-23-12-15)18(17)11-19(20)25-10-9-24-21(25)22(26)27/h3-10,12,14H,11,13H2,1-2H3. The molecule has 5 rings (SSSR count). The van der Waals surface area contributed by atoms with Crippen LogP contribution in [0, 0.1) is 5.92 Å². The van der Waals surface area contributed by atoms with Crippen LogP contribution in [0.3, 0.4) is 0 Å². The summed E-state index contributed by atoms with van der Waals surface area (Å²) in [6, 6.07) is 10.4. The number of hydrogen-bond acceptors (Lipinski definition) is 3. The van der Waals surface area contributed by atoms with Crippen molar-refractivity contribution in [1.29, 1.82) is 0 Å². The van der Waals surface area contributed by atoms with Gasteiger partial charge in [0.25, 0.3) is 5.56 Å². The molecule has 0 atom stereocenters. The quantitative estimate of drug-likeness (QED) is 0.494. The van der Waals surface area contributed by atoms with Crippen molar-refractivity contribution in [2.75, 3.05) is 0 Å². The van der Waals surface area contributed by atoms with Gasteiger partial charge in [0.15, 0.2) is 0 Å². The lowest BCUT2D eigenvalue weighted by atomic mass is 9.97. The molecule has 134 valence electrons. The summed E-state index contributed by atoms with van der Waals surface area (Å²) in [5.74, 6) is 0.370. The summed E-state index contributed by atoms with van der Waals surface area (Å²) in [5, 5.41) is 0. The first-order chi connectivity index (χ1) is 13.1. The molecule has 1 aliphatic carbocycles. The monoisotopic (exact) mass is 356 g/mol. The highest BCUT2D eigenvalue weighted by atomic mass is 16.1. The Balaban J connectivity index is 1.83. The Kier molecular flexibility index (Phi) is 3.50. The zero-order valence-corrected chi connectivity index (χ0v) is 15.4. The van der Waals surface area contributed by atoms with E-state index in [2.05, 4.69) is 48.1 Å². The van der Waals surface area contributed by atoms with Gasteiger partial charge < -0.3 is 4.57 Å². The second-order valence-corrected chi connectivity index (χ2v) is 7.48. The van der Waals surface area contributed by atoms with Gasteiger partial charge in [0.2, 0.25) is 5.65 Å². The summed E-state index contributed by atoms with van der Waals surface area (Å²) < 4.78 is 3.88. The van der Waals surface area contributed by atoms with Gasteiger partial charge in [-0.25, -0.2) is 4.98 Å². The molecule has 0 fully saturated rings. The first-order valence-corrected chi connectivity index (χ1v) is 9.26. The molecule has 0 saturated heterocycles. The van der Waals surface area contributed by atoms with Gasteiger partial charge in [-0.1, -0.05) is 38.1 Å². The molecule has 0 amide bonds. The Morgan fingerprint density at radius 1 is 1.11 bits per heavy atom. The minimum absolute atomic E-state index is 0.0212. The van der Waals surface area contributed by atoms with Crippen LogP contribution >= 0.6 is 0 Å². The number of fused-ring (bicyclic) bond motifs is 5. The summed E-state index contributed by atoms with van der Waals surface area (Å²) in [4.78, 5) is 21.7. The van der Waals surface area contributed by atoms with Gasteiger partial charge in [0, 0.05) is 48.9 Å². The number of imidazole rings is 1. The Labute approximate surface area is 157 Å². The molecule has 0 aliphatic heterocycles. The maximum absolute atomic E-state index is 13.1. The Morgan fingerprint density at radius 2 is 1.96 bits per heavy atom. The molecule has 1 aromatic carbocycles. The lowest BCUT2D eigenvalue weighted by molar-refractivity contribution is 0.513. The summed E-state index contributed by atoms with van der Waals surface area (Å²) in [5.41, 5.74) is 7.31. The van der Waals surface area contributed by atoms with Crippen LogP contribution in [-0.2, 0) is 13.0 Å². The van der Waals surface area contributed by atoms with E-state index in [9.17, 15) is 4.79 Å². The average Bonchev–Trinajstić information content (AvgIpc) is 3.30. The minimum Gasteiger partial charge on any atom is -0.303 e. The second kappa shape index (κ2) is 5.91. The van der Waals surface area contributed by atoms with Crippen LogP contribution in [-0.4, -0.2) is 18.9 Å². The number of rotatable bonds is 3. The first-order valence-electron chi connectivity index (χ1n) is 9.26. The van der Waals surface area contributed by atoms with E-state index in [1.807, 2.05) is 27.4 Å². The van der Waals surface area contributed by atoms with Crippen molar-refractivity contribution >= 4 is 5.65 Å². The van der Waals surface area contributed by atoms with Crippen molar-refractivity contribution in [3.8, 4) is 22.4 Å². The van der Waals surface area contributed by atoms with E-state index in [-0.39, 0.29) is 5.56 Å². The highest BCUT2D eigenvalue weighted by Crippen LogP contribution is 2.41. The normalized spacial score (nSPS) is 12.6. The molecule has 27 heavy (non-hydrogen) atoms. The van der Waals surface area contributed by atoms with E-state index >= 15 is 0 Å². The van der Waals surface area contributed by atoms with Gasteiger partial charge in [0.1, 0.15) is 0 Å². The van der Waals surface area contributed by atoms with Gasteiger partial charge in [0.05, 0.1) is 11.4 Å². The zero-order chi connectivity index (χ0) is 18.5. The van der Waals surface area contributed by atoms with Crippen LogP contribution in [0.2, 0.25) is 0 Å². The number of hydrogen-bond donors (Lipinski definition) is 0. The molecule has 0 radical (unpaired) electrons. The minimum atomic E-state index is -0.0212. The molecule has 0 saturated carbocycles. The predicted octanol–water partition coefficient (Wildman–Crippen LogP) is 3.79. The number of nitrogens with zero attached hydrogens (tertiary/aromatic N) is 4. The van der Waals surface area contributed by atoms with Crippen LogP contribution in [0.4, 0.5) is 0 Å². The van der Waals surface area contributed by atoms with E-state index in [1.165, 1.54) is 11.1 Å². The smallest absolute Gasteiger partial charge is 0.294 e. The third-order valence-electron chi connectivity index (χ3n) is 5.21. The molecule has 4 aromatic rings. The van der Waals surface area contributed by atoms with Gasteiger partial charge in [-0.2, -0.15) is 0 Å². The highest BCUT2D eigenvalue weighted by molar-refractivity contribution is 5.83. The fraction of sp³-hybridized carbons (Fsp3) is 0.227. The summed E-state index contributed by atoms with van der Waals surface area (Å²) in [7, 11) is 0. The van der Waals surface area contributed by atoms with E-state index in [0.717, 1.165) is 28.9 Å². The first kappa shape index (κ1) is 16.0. The summed E-state index contributed by atoms with van der Waals surface area (Å²) >= 11 is 0. The predicted molar refractivity (Wildman–Crippen MR) is 106 cm³/mol. The Hall–Kier alpha value is -3.21. The van der Waals surface area contributed by atoms with Crippen LogP contribution in [0.15, 0.2) is 59.9 Å². The van der Waals surface area contributed by atoms with E-state index < -0.39 is 0 Å². The van der Waals surface area contributed by atoms with Gasteiger partial charge in [-0.3, -0.25) is 14.2 Å². The van der Waals surface area contributed by atoms with Crippen LogP contribution in [0.1, 0.15) is 25.1 Å². The van der Waals surface area contributed by atoms with E-state index in [4.69, 9.17) is 0 Å². The van der Waals surface area contributed by atoms with Crippen LogP contribution < -0.4 is 5.56 Å². The zero-order valence-electron chi connectivity index (χ0n) is 15.4. The Bertz CT molecular complexity index is 1220. The maximum atomic E-state index is 13.1. The van der Waals surface area contributed by atoms with E-state index in [0.29, 0.717) is 18.1 Å². The maximum Gasteiger partial charge on any atom is 0.294 e. The third kappa shape index (κ3) is 2.35. The van der Waals surface area contributed by atoms with Crippen molar-refractivity contribution < 1.29 is 0 Å². The van der Waals surface area contributed by atoms with Gasteiger partial charge >= 0.3 is 0 Å². The van der Waals surface area contributed by atoms with Crippen molar-refractivity contribution in [2.45, 2.75) is 26.8 Å². The lowest BCUT2D eigenvalue weighted by Crippen LogP contribution is -2.27. The second-order valence-electron chi connectivity index (χ2n) is 7.48. The lowest BCUT2D eigenvalue weighted by Gasteiger charge is -2.16. The van der Waals surface area contributed by atoms with Crippen molar-refractivity contribution in [3.63, 3.8) is 0 Å². The molecule has 3 aromatic heterocycles. The molecule has 5 heteroatoms. The Morgan fingerprint density at radius 3 is 2.74 bits per heavy atom. The third-order valence-corrected chi connectivity index (χ3v) is 5.21. The summed E-state index contributed by atoms with van der Waals surface area (Å²) in [6.45, 7) is 4.95. The number of benzene rings is 1.